The lowest BCUT2D eigenvalue weighted by Gasteiger charge is -2.37. The third-order valence-corrected chi connectivity index (χ3v) is 4.30. The van der Waals surface area contributed by atoms with Crippen LogP contribution in [-0.2, 0) is 11.2 Å². The van der Waals surface area contributed by atoms with Crippen molar-refractivity contribution in [3.8, 4) is 11.8 Å². The third-order valence-electron chi connectivity index (χ3n) is 4.30. The molecule has 0 saturated carbocycles. The van der Waals surface area contributed by atoms with Crippen molar-refractivity contribution in [3.05, 3.63) is 65.0 Å². The summed E-state index contributed by atoms with van der Waals surface area (Å²) in [5.74, 6) is 6.41. The van der Waals surface area contributed by atoms with E-state index >= 15 is 0 Å². The van der Waals surface area contributed by atoms with Crippen LogP contribution in [0.3, 0.4) is 0 Å². The van der Waals surface area contributed by atoms with Gasteiger partial charge in [-0.2, -0.15) is 0 Å². The van der Waals surface area contributed by atoms with Crippen molar-refractivity contribution in [3.63, 3.8) is 0 Å². The number of aryl methyl sites for hydroxylation is 1. The third kappa shape index (κ3) is 2.64. The van der Waals surface area contributed by atoms with E-state index < -0.39 is 0 Å². The lowest BCUT2D eigenvalue weighted by Crippen LogP contribution is -2.46. The largest absolute Gasteiger partial charge is 0.371 e. The van der Waals surface area contributed by atoms with Gasteiger partial charge in [0.15, 0.2) is 0 Å². The Kier molecular flexibility index (Phi) is 3.64. The van der Waals surface area contributed by atoms with Crippen molar-refractivity contribution < 1.29 is 4.74 Å². The molecule has 2 aromatic rings. The Labute approximate surface area is 130 Å². The molecule has 0 radical (unpaired) electrons. The first kappa shape index (κ1) is 13.5. The Morgan fingerprint density at radius 3 is 2.91 bits per heavy atom. The van der Waals surface area contributed by atoms with Gasteiger partial charge in [0.2, 0.25) is 0 Å². The van der Waals surface area contributed by atoms with Crippen molar-refractivity contribution in [1.29, 1.82) is 0 Å². The second-order valence-electron chi connectivity index (χ2n) is 5.77. The minimum absolute atomic E-state index is 0.128. The molecule has 1 aliphatic heterocycles. The molecule has 3 nitrogen and oxygen atoms in total. The quantitative estimate of drug-likeness (QED) is 0.757. The van der Waals surface area contributed by atoms with Gasteiger partial charge >= 0.3 is 0 Å². The molecule has 1 N–H and O–H groups in total. The second kappa shape index (κ2) is 5.92. The van der Waals surface area contributed by atoms with Gasteiger partial charge in [-0.3, -0.25) is 4.98 Å². The number of aromatic nitrogens is 1. The van der Waals surface area contributed by atoms with E-state index in [-0.39, 0.29) is 6.10 Å². The highest BCUT2D eigenvalue weighted by molar-refractivity contribution is 5.44. The molecule has 22 heavy (non-hydrogen) atoms. The van der Waals surface area contributed by atoms with Crippen molar-refractivity contribution >= 4 is 0 Å². The van der Waals surface area contributed by atoms with Crippen LogP contribution >= 0.6 is 0 Å². The van der Waals surface area contributed by atoms with Crippen LogP contribution in [0.2, 0.25) is 0 Å². The van der Waals surface area contributed by atoms with Gasteiger partial charge in [-0.25, -0.2) is 0 Å². The average Bonchev–Trinajstić information content (AvgIpc) is 2.60. The van der Waals surface area contributed by atoms with Crippen molar-refractivity contribution in [1.82, 2.24) is 10.3 Å². The minimum atomic E-state index is 0.128. The molecule has 1 saturated heterocycles. The smallest absolute Gasteiger partial charge is 0.0996 e. The van der Waals surface area contributed by atoms with Gasteiger partial charge in [-0.1, -0.05) is 30.0 Å². The van der Waals surface area contributed by atoms with E-state index in [9.17, 15) is 0 Å². The van der Waals surface area contributed by atoms with Crippen LogP contribution in [0.1, 0.15) is 34.9 Å². The molecule has 2 unspecified atom stereocenters. The molecule has 1 fully saturated rings. The number of fused-ring (bicyclic) bond motifs is 3. The van der Waals surface area contributed by atoms with Crippen LogP contribution in [0.4, 0.5) is 0 Å². The first-order valence-corrected chi connectivity index (χ1v) is 7.81. The molecule has 1 aromatic carbocycles. The molecule has 2 atom stereocenters. The van der Waals surface area contributed by atoms with Crippen molar-refractivity contribution in [2.45, 2.75) is 25.0 Å². The summed E-state index contributed by atoms with van der Waals surface area (Å²) in [5.41, 5.74) is 4.35. The summed E-state index contributed by atoms with van der Waals surface area (Å²) >= 11 is 0. The molecule has 4 rings (SSSR count). The molecular weight excluding hydrogens is 272 g/mol. The summed E-state index contributed by atoms with van der Waals surface area (Å²) in [5, 5.41) is 3.55. The molecule has 2 aliphatic rings. The number of hydrogen-bond acceptors (Lipinski definition) is 3. The van der Waals surface area contributed by atoms with Crippen LogP contribution < -0.4 is 5.32 Å². The molecule has 3 heteroatoms. The number of ether oxygens (including phenoxy) is 1. The van der Waals surface area contributed by atoms with Gasteiger partial charge in [0.1, 0.15) is 0 Å². The first-order valence-electron chi connectivity index (χ1n) is 7.81. The average molecular weight is 290 g/mol. The fourth-order valence-electron chi connectivity index (χ4n) is 3.21. The van der Waals surface area contributed by atoms with Crippen molar-refractivity contribution in [2.24, 2.45) is 0 Å². The summed E-state index contributed by atoms with van der Waals surface area (Å²) in [4.78, 5) is 4.61. The zero-order valence-electron chi connectivity index (χ0n) is 12.4. The SMILES string of the molecule is C(#Cc1cnc2c(c1)C1OCCNC1CC2)c1ccccc1. The van der Waals surface area contributed by atoms with Gasteiger partial charge in [0, 0.05) is 41.2 Å². The van der Waals surface area contributed by atoms with E-state index in [1.807, 2.05) is 36.5 Å². The second-order valence-corrected chi connectivity index (χ2v) is 5.77. The highest BCUT2D eigenvalue weighted by Crippen LogP contribution is 2.33. The molecular formula is C19H18N2O. The number of hydrogen-bond donors (Lipinski definition) is 1. The summed E-state index contributed by atoms with van der Waals surface area (Å²) in [6, 6.07) is 12.6. The molecule has 0 bridgehead atoms. The number of pyridine rings is 1. The van der Waals surface area contributed by atoms with Gasteiger partial charge in [-0.15, -0.1) is 0 Å². The van der Waals surface area contributed by atoms with E-state index in [0.717, 1.165) is 42.8 Å². The first-order chi connectivity index (χ1) is 10.9. The molecule has 1 aromatic heterocycles. The van der Waals surface area contributed by atoms with E-state index in [1.54, 1.807) is 0 Å². The van der Waals surface area contributed by atoms with E-state index in [1.165, 1.54) is 5.56 Å². The molecule has 1 aliphatic carbocycles. The van der Waals surface area contributed by atoms with Gasteiger partial charge in [0.05, 0.1) is 12.7 Å². The topological polar surface area (TPSA) is 34.1 Å². The minimum Gasteiger partial charge on any atom is -0.371 e. The van der Waals surface area contributed by atoms with Crippen LogP contribution in [0.5, 0.6) is 0 Å². The highest BCUT2D eigenvalue weighted by Gasteiger charge is 2.33. The van der Waals surface area contributed by atoms with E-state index in [4.69, 9.17) is 4.74 Å². The Morgan fingerprint density at radius 1 is 1.14 bits per heavy atom. The maximum atomic E-state index is 5.98. The summed E-state index contributed by atoms with van der Waals surface area (Å²) in [6.07, 6.45) is 4.12. The zero-order chi connectivity index (χ0) is 14.8. The van der Waals surface area contributed by atoms with E-state index in [0.29, 0.717) is 6.04 Å². The molecule has 0 spiro atoms. The van der Waals surface area contributed by atoms with E-state index in [2.05, 4.69) is 28.2 Å². The van der Waals surface area contributed by atoms with Crippen LogP contribution in [-0.4, -0.2) is 24.2 Å². The Bertz CT molecular complexity index is 730. The molecule has 110 valence electrons. The van der Waals surface area contributed by atoms with Gasteiger partial charge < -0.3 is 10.1 Å². The predicted molar refractivity (Wildman–Crippen MR) is 85.5 cm³/mol. The maximum Gasteiger partial charge on any atom is 0.0996 e. The summed E-state index contributed by atoms with van der Waals surface area (Å²) < 4.78 is 5.98. The Morgan fingerprint density at radius 2 is 2.00 bits per heavy atom. The maximum absolute atomic E-state index is 5.98. The molecule has 0 amide bonds. The fourth-order valence-corrected chi connectivity index (χ4v) is 3.21. The number of rotatable bonds is 0. The predicted octanol–water partition coefficient (Wildman–Crippen LogP) is 2.46. The number of nitrogens with zero attached hydrogens (tertiary/aromatic N) is 1. The highest BCUT2D eigenvalue weighted by atomic mass is 16.5. The van der Waals surface area contributed by atoms with Crippen LogP contribution in [0, 0.1) is 11.8 Å². The lowest BCUT2D eigenvalue weighted by atomic mass is 9.87. The normalized spacial score (nSPS) is 22.9. The summed E-state index contributed by atoms with van der Waals surface area (Å²) in [6.45, 7) is 1.71. The monoisotopic (exact) mass is 290 g/mol. The zero-order valence-corrected chi connectivity index (χ0v) is 12.4. The number of morpholine rings is 1. The van der Waals surface area contributed by atoms with Crippen LogP contribution in [0.25, 0.3) is 0 Å². The Hall–Kier alpha value is -2.15. The van der Waals surface area contributed by atoms with Gasteiger partial charge in [-0.05, 0) is 31.0 Å². The summed E-state index contributed by atoms with van der Waals surface area (Å²) in [7, 11) is 0. The lowest BCUT2D eigenvalue weighted by molar-refractivity contribution is -0.0132. The Balaban J connectivity index is 1.65. The van der Waals surface area contributed by atoms with Crippen molar-refractivity contribution in [2.75, 3.05) is 13.2 Å². The van der Waals surface area contributed by atoms with Gasteiger partial charge in [0.25, 0.3) is 0 Å². The van der Waals surface area contributed by atoms with Crippen LogP contribution in [0.15, 0.2) is 42.6 Å². The number of benzene rings is 1. The fraction of sp³-hybridized carbons (Fsp3) is 0.316. The standard InChI is InChI=1S/C19H18N2O/c1-2-4-14(5-3-1)6-7-15-12-16-17(21-13-15)8-9-18-19(16)22-11-10-20-18/h1-5,12-13,18-20H,8-11H2. The molecule has 2 heterocycles. The number of nitrogens with one attached hydrogen (secondary N) is 1.